The van der Waals surface area contributed by atoms with Crippen molar-refractivity contribution in [2.24, 2.45) is 0 Å². The van der Waals surface area contributed by atoms with Gasteiger partial charge in [-0.1, -0.05) is 5.10 Å². The van der Waals surface area contributed by atoms with Gasteiger partial charge in [-0.3, -0.25) is 4.57 Å². The number of hydrogen-bond donors (Lipinski definition) is 0. The molecule has 0 atom stereocenters. The number of rotatable bonds is 6. The molecule has 0 spiro atoms. The molecule has 0 aliphatic heterocycles. The zero-order valence-electron chi connectivity index (χ0n) is 8.99. The first kappa shape index (κ1) is 16.8. The predicted octanol–water partition coefficient (Wildman–Crippen LogP) is -3.13. The second-order valence-corrected chi connectivity index (χ2v) is 4.70. The summed E-state index contributed by atoms with van der Waals surface area (Å²) in [5.41, 5.74) is 0. The van der Waals surface area contributed by atoms with Gasteiger partial charge in [-0.15, -0.1) is 5.10 Å². The summed E-state index contributed by atoms with van der Waals surface area (Å²) in [5, 5.41) is 7.27. The van der Waals surface area contributed by atoms with Crippen LogP contribution in [0.25, 0.3) is 0 Å². The zero-order valence-corrected chi connectivity index (χ0v) is 13.7. The maximum absolute atomic E-state index is 10.3. The Kier molecular flexibility index (Phi) is 8.45. The fourth-order valence-corrected chi connectivity index (χ4v) is 1.71. The van der Waals surface area contributed by atoms with Gasteiger partial charge in [0.2, 0.25) is 0 Å². The molecular weight excluding hydrogens is 281 g/mol. The van der Waals surface area contributed by atoms with Gasteiger partial charge in [-0.2, -0.15) is 0 Å². The van der Waals surface area contributed by atoms with Gasteiger partial charge >= 0.3 is 57.4 Å². The molecule has 0 N–H and O–H groups in total. The second-order valence-electron chi connectivity index (χ2n) is 2.67. The summed E-state index contributed by atoms with van der Waals surface area (Å²) in [6.07, 6.45) is 3.36. The Labute approximate surface area is 141 Å². The molecule has 16 heavy (non-hydrogen) atoms. The van der Waals surface area contributed by atoms with E-state index in [0.717, 1.165) is 12.0 Å². The van der Waals surface area contributed by atoms with Crippen LogP contribution >= 0.6 is 12.0 Å². The Morgan fingerprint density at radius 3 is 2.88 bits per heavy atom. The molecule has 1 rings (SSSR count). The van der Waals surface area contributed by atoms with Crippen LogP contribution in [0.1, 0.15) is 6.42 Å². The smallest absolute Gasteiger partial charge is 0.748 e. The third-order valence-corrected chi connectivity index (χ3v) is 2.64. The largest absolute Gasteiger partial charge is 1.00 e. The summed E-state index contributed by atoms with van der Waals surface area (Å²) >= 11 is 1.11. The molecule has 0 radical (unpaired) electrons. The van der Waals surface area contributed by atoms with Gasteiger partial charge in [-0.25, -0.2) is 8.42 Å². The molecular formula is C6H10KN3O4S2. The zero-order chi connectivity index (χ0) is 11.3. The van der Waals surface area contributed by atoms with Crippen molar-refractivity contribution in [1.29, 1.82) is 0 Å². The standard InChI is InChI=1S/C6H11N3O4S2.K/c1-14-13-6-8-7-5-9(6)3-2-4-15(10,11)12;/h5H,2-4H2,1H3,(H,10,11,12);/q;+1/p-1. The molecule has 1 heterocycles. The molecule has 10 heteroatoms. The minimum absolute atomic E-state index is 0. The Morgan fingerprint density at radius 2 is 2.31 bits per heavy atom. The van der Waals surface area contributed by atoms with Crippen molar-refractivity contribution < 1.29 is 68.5 Å². The van der Waals surface area contributed by atoms with Crippen molar-refractivity contribution in [2.45, 2.75) is 13.0 Å². The molecule has 0 amide bonds. The monoisotopic (exact) mass is 291 g/mol. The van der Waals surface area contributed by atoms with Crippen LogP contribution in [0.15, 0.2) is 6.33 Å². The van der Waals surface area contributed by atoms with Crippen LogP contribution in [0.2, 0.25) is 0 Å². The van der Waals surface area contributed by atoms with Crippen LogP contribution in [0.4, 0.5) is 0 Å². The van der Waals surface area contributed by atoms with Crippen molar-refractivity contribution in [2.75, 3.05) is 12.0 Å². The summed E-state index contributed by atoms with van der Waals surface area (Å²) in [7, 11) is -4.15. The van der Waals surface area contributed by atoms with Crippen LogP contribution in [0.5, 0.6) is 6.01 Å². The summed E-state index contributed by atoms with van der Waals surface area (Å²) in [4.78, 5) is 0. The van der Waals surface area contributed by atoms with E-state index in [4.69, 9.17) is 4.18 Å². The van der Waals surface area contributed by atoms with Crippen molar-refractivity contribution in [3.8, 4) is 6.01 Å². The third-order valence-electron chi connectivity index (χ3n) is 1.53. The number of aryl methyl sites for hydroxylation is 1. The third kappa shape index (κ3) is 6.54. The Balaban J connectivity index is 0.00000225. The first-order valence-electron chi connectivity index (χ1n) is 4.05. The molecule has 1 aromatic heterocycles. The SMILES string of the molecule is CSOc1nncn1CCCS(=O)(=O)[O-].[K+]. The predicted molar refractivity (Wildman–Crippen MR) is 53.3 cm³/mol. The first-order chi connectivity index (χ1) is 7.03. The minimum Gasteiger partial charge on any atom is -0.748 e. The van der Waals surface area contributed by atoms with Crippen LogP contribution < -0.4 is 55.6 Å². The van der Waals surface area contributed by atoms with Gasteiger partial charge in [0, 0.05) is 18.6 Å². The van der Waals surface area contributed by atoms with Gasteiger partial charge in [0.05, 0.1) is 22.2 Å². The fraction of sp³-hybridized carbons (Fsp3) is 0.667. The number of nitrogens with zero attached hydrogens (tertiary/aromatic N) is 3. The van der Waals surface area contributed by atoms with Gasteiger partial charge < -0.3 is 8.74 Å². The van der Waals surface area contributed by atoms with E-state index in [1.165, 1.54) is 6.33 Å². The summed E-state index contributed by atoms with van der Waals surface area (Å²) in [5.74, 6) is -0.399. The van der Waals surface area contributed by atoms with E-state index in [1.807, 2.05) is 0 Å². The summed E-state index contributed by atoms with van der Waals surface area (Å²) in [6.45, 7) is 0.338. The van der Waals surface area contributed by atoms with Crippen molar-refractivity contribution in [3.05, 3.63) is 6.33 Å². The van der Waals surface area contributed by atoms with Crippen LogP contribution in [0, 0.1) is 0 Å². The number of aromatic nitrogens is 3. The average Bonchev–Trinajstić information content (AvgIpc) is 2.51. The molecule has 0 aromatic carbocycles. The van der Waals surface area contributed by atoms with Crippen molar-refractivity contribution in [1.82, 2.24) is 14.8 Å². The molecule has 0 fully saturated rings. The molecule has 0 unspecified atom stereocenters. The molecule has 0 bridgehead atoms. The second kappa shape index (κ2) is 8.03. The van der Waals surface area contributed by atoms with Crippen molar-refractivity contribution >= 4 is 22.2 Å². The van der Waals surface area contributed by atoms with E-state index in [9.17, 15) is 13.0 Å². The normalized spacial score (nSPS) is 10.9. The maximum Gasteiger partial charge on any atom is 1.00 e. The maximum atomic E-state index is 10.3. The van der Waals surface area contributed by atoms with Crippen molar-refractivity contribution in [3.63, 3.8) is 0 Å². The van der Waals surface area contributed by atoms with Gasteiger partial charge in [-0.05, 0) is 6.42 Å². The van der Waals surface area contributed by atoms with Crippen LogP contribution in [-0.2, 0) is 16.7 Å². The van der Waals surface area contributed by atoms with E-state index in [-0.39, 0.29) is 57.8 Å². The van der Waals surface area contributed by atoms with E-state index < -0.39 is 15.9 Å². The molecule has 1 aromatic rings. The Morgan fingerprint density at radius 1 is 1.62 bits per heavy atom. The Hall–Kier alpha value is 0.836. The average molecular weight is 291 g/mol. The summed E-state index contributed by atoms with van der Waals surface area (Å²) in [6, 6.07) is 0.297. The first-order valence-corrected chi connectivity index (χ1v) is 6.77. The van der Waals surface area contributed by atoms with Crippen LogP contribution in [0.3, 0.4) is 0 Å². The molecule has 86 valence electrons. The van der Waals surface area contributed by atoms with E-state index in [1.54, 1.807) is 10.8 Å². The molecule has 0 saturated carbocycles. The molecule has 0 saturated heterocycles. The molecule has 0 aliphatic carbocycles. The van der Waals surface area contributed by atoms with E-state index >= 15 is 0 Å². The van der Waals surface area contributed by atoms with Gasteiger partial charge in [0.15, 0.2) is 0 Å². The minimum atomic E-state index is -4.15. The van der Waals surface area contributed by atoms with Gasteiger partial charge in [0.25, 0.3) is 0 Å². The van der Waals surface area contributed by atoms with Gasteiger partial charge in [0.1, 0.15) is 6.33 Å². The Bertz CT molecular complexity index is 408. The number of hydrogen-bond acceptors (Lipinski definition) is 7. The van der Waals surface area contributed by atoms with Crippen LogP contribution in [-0.4, -0.2) is 39.7 Å². The molecule has 0 aliphatic rings. The molecule has 7 nitrogen and oxygen atoms in total. The quantitative estimate of drug-likeness (QED) is 0.310. The van der Waals surface area contributed by atoms with E-state index in [2.05, 4.69) is 10.2 Å². The van der Waals surface area contributed by atoms with E-state index in [0.29, 0.717) is 12.6 Å². The topological polar surface area (TPSA) is 97.1 Å². The fourth-order valence-electron chi connectivity index (χ4n) is 0.948. The summed E-state index contributed by atoms with van der Waals surface area (Å²) < 4.78 is 37.6.